The predicted molar refractivity (Wildman–Crippen MR) is 68.3 cm³/mol. The van der Waals surface area contributed by atoms with E-state index in [1.165, 1.54) is 12.3 Å². The van der Waals surface area contributed by atoms with Gasteiger partial charge in [0.25, 0.3) is 0 Å². The number of benzene rings is 1. The first-order valence-electron chi connectivity index (χ1n) is 5.89. The van der Waals surface area contributed by atoms with E-state index in [-0.39, 0.29) is 5.82 Å². The van der Waals surface area contributed by atoms with Crippen molar-refractivity contribution in [2.24, 2.45) is 0 Å². The Morgan fingerprint density at radius 2 is 1.95 bits per heavy atom. The highest BCUT2D eigenvalue weighted by Crippen LogP contribution is 2.34. The number of hydrogen-bond acceptors (Lipinski definition) is 2. The van der Waals surface area contributed by atoms with Gasteiger partial charge >= 0.3 is 6.18 Å². The van der Waals surface area contributed by atoms with Crippen LogP contribution < -0.4 is 5.32 Å². The van der Waals surface area contributed by atoms with E-state index < -0.39 is 11.7 Å². The van der Waals surface area contributed by atoms with Crippen molar-refractivity contribution in [2.45, 2.75) is 19.5 Å². The van der Waals surface area contributed by atoms with Crippen LogP contribution in [0.2, 0.25) is 0 Å². The highest BCUT2D eigenvalue weighted by Gasteiger charge is 2.34. The summed E-state index contributed by atoms with van der Waals surface area (Å²) in [6.45, 7) is 1.99. The lowest BCUT2D eigenvalue weighted by Gasteiger charge is -2.13. The van der Waals surface area contributed by atoms with Gasteiger partial charge in [0.15, 0.2) is 0 Å². The number of pyridine rings is 1. The van der Waals surface area contributed by atoms with Crippen LogP contribution in [0, 0.1) is 0 Å². The van der Waals surface area contributed by atoms with Crippen LogP contribution in [0.1, 0.15) is 18.1 Å². The van der Waals surface area contributed by atoms with E-state index >= 15 is 0 Å². The number of halogens is 3. The molecule has 2 nitrogen and oxygen atoms in total. The molecule has 0 radical (unpaired) electrons. The van der Waals surface area contributed by atoms with Crippen molar-refractivity contribution in [1.82, 2.24) is 4.98 Å². The third-order valence-corrected chi connectivity index (χ3v) is 2.71. The van der Waals surface area contributed by atoms with Gasteiger partial charge in [-0.25, -0.2) is 4.98 Å². The Labute approximate surface area is 109 Å². The quantitative estimate of drug-likeness (QED) is 0.890. The molecule has 0 saturated carbocycles. The molecule has 0 aliphatic heterocycles. The van der Waals surface area contributed by atoms with Crippen molar-refractivity contribution in [2.75, 3.05) is 5.32 Å². The Kier molecular flexibility index (Phi) is 3.74. The van der Waals surface area contributed by atoms with Gasteiger partial charge in [0, 0.05) is 11.9 Å². The minimum Gasteiger partial charge on any atom is -0.340 e. The van der Waals surface area contributed by atoms with Crippen LogP contribution in [0.25, 0.3) is 0 Å². The van der Waals surface area contributed by atoms with E-state index in [9.17, 15) is 13.2 Å². The molecule has 0 unspecified atom stereocenters. The lowest BCUT2D eigenvalue weighted by atomic mass is 10.1. The molecule has 1 N–H and O–H groups in total. The van der Waals surface area contributed by atoms with Crippen molar-refractivity contribution in [3.63, 3.8) is 0 Å². The van der Waals surface area contributed by atoms with Crippen LogP contribution in [0.3, 0.4) is 0 Å². The van der Waals surface area contributed by atoms with Crippen LogP contribution in [0.4, 0.5) is 24.7 Å². The highest BCUT2D eigenvalue weighted by molar-refractivity contribution is 5.60. The number of anilines is 2. The fourth-order valence-electron chi connectivity index (χ4n) is 1.74. The second-order valence-corrected chi connectivity index (χ2v) is 4.08. The maximum Gasteiger partial charge on any atom is 0.419 e. The second-order valence-electron chi connectivity index (χ2n) is 4.08. The summed E-state index contributed by atoms with van der Waals surface area (Å²) in [6, 6.07) is 9.55. The Balaban J connectivity index is 2.33. The van der Waals surface area contributed by atoms with E-state index in [2.05, 4.69) is 10.3 Å². The molecule has 0 aliphatic rings. The normalized spacial score (nSPS) is 11.4. The van der Waals surface area contributed by atoms with Gasteiger partial charge < -0.3 is 5.32 Å². The molecule has 1 heterocycles. The van der Waals surface area contributed by atoms with E-state index in [4.69, 9.17) is 0 Å². The van der Waals surface area contributed by atoms with Crippen molar-refractivity contribution in [3.8, 4) is 0 Å². The molecule has 0 atom stereocenters. The maximum absolute atomic E-state index is 12.8. The summed E-state index contributed by atoms with van der Waals surface area (Å²) >= 11 is 0. The fourth-order valence-corrected chi connectivity index (χ4v) is 1.74. The van der Waals surface area contributed by atoms with E-state index in [0.29, 0.717) is 5.69 Å². The maximum atomic E-state index is 12.8. The molecule has 2 aromatic rings. The number of nitrogens with one attached hydrogen (secondary N) is 1. The first-order chi connectivity index (χ1) is 9.00. The monoisotopic (exact) mass is 266 g/mol. The molecular weight excluding hydrogens is 253 g/mol. The summed E-state index contributed by atoms with van der Waals surface area (Å²) in [5.74, 6) is -0.178. The minimum absolute atomic E-state index is 0.178. The van der Waals surface area contributed by atoms with Crippen LogP contribution in [-0.2, 0) is 12.6 Å². The van der Waals surface area contributed by atoms with Gasteiger partial charge in [0.1, 0.15) is 5.82 Å². The Bertz CT molecular complexity index is 565. The number of rotatable bonds is 3. The summed E-state index contributed by atoms with van der Waals surface area (Å²) in [5.41, 5.74) is 0.884. The molecule has 0 spiro atoms. The summed E-state index contributed by atoms with van der Waals surface area (Å²) in [5, 5.41) is 2.72. The Hall–Kier alpha value is -2.04. The van der Waals surface area contributed by atoms with Crippen molar-refractivity contribution in [1.29, 1.82) is 0 Å². The number of aromatic nitrogens is 1. The molecule has 1 aromatic heterocycles. The zero-order valence-electron chi connectivity index (χ0n) is 10.3. The molecule has 0 fully saturated rings. The minimum atomic E-state index is -4.42. The predicted octanol–water partition coefficient (Wildman–Crippen LogP) is 4.41. The van der Waals surface area contributed by atoms with Gasteiger partial charge in [-0.3, -0.25) is 0 Å². The van der Waals surface area contributed by atoms with E-state index in [0.717, 1.165) is 18.1 Å². The molecule has 0 amide bonds. The van der Waals surface area contributed by atoms with Gasteiger partial charge in [-0.05, 0) is 36.2 Å². The third kappa shape index (κ3) is 3.24. The van der Waals surface area contributed by atoms with Crippen LogP contribution in [0.15, 0.2) is 42.6 Å². The topological polar surface area (TPSA) is 24.9 Å². The first-order valence-corrected chi connectivity index (χ1v) is 5.89. The number of hydrogen-bond donors (Lipinski definition) is 1. The Morgan fingerprint density at radius 1 is 1.16 bits per heavy atom. The number of nitrogens with zero attached hydrogens (tertiary/aromatic N) is 1. The molecular formula is C14H13F3N2. The number of aryl methyl sites for hydroxylation is 1. The molecule has 1 aromatic carbocycles. The molecule has 19 heavy (non-hydrogen) atoms. The van der Waals surface area contributed by atoms with E-state index in [1.807, 2.05) is 19.1 Å². The standard InChI is InChI=1S/C14H13F3N2/c1-2-10-5-3-6-11(9-10)19-13-12(14(15,16)17)7-4-8-18-13/h3-9H,2H2,1H3,(H,18,19). The summed E-state index contributed by atoms with van der Waals surface area (Å²) in [6.07, 6.45) is -2.26. The van der Waals surface area contributed by atoms with Gasteiger partial charge in [-0.15, -0.1) is 0 Å². The second kappa shape index (κ2) is 5.30. The van der Waals surface area contributed by atoms with Gasteiger partial charge in [-0.2, -0.15) is 13.2 Å². The lowest BCUT2D eigenvalue weighted by molar-refractivity contribution is -0.137. The van der Waals surface area contributed by atoms with Crippen molar-refractivity contribution in [3.05, 3.63) is 53.7 Å². The third-order valence-electron chi connectivity index (χ3n) is 2.71. The van der Waals surface area contributed by atoms with Crippen LogP contribution in [-0.4, -0.2) is 4.98 Å². The van der Waals surface area contributed by atoms with Crippen LogP contribution in [0.5, 0.6) is 0 Å². The molecule has 0 aliphatic carbocycles. The molecule has 0 saturated heterocycles. The van der Waals surface area contributed by atoms with Crippen LogP contribution >= 0.6 is 0 Å². The summed E-state index contributed by atoms with van der Waals surface area (Å²) in [7, 11) is 0. The van der Waals surface area contributed by atoms with Gasteiger partial charge in [0.2, 0.25) is 0 Å². The smallest absolute Gasteiger partial charge is 0.340 e. The average Bonchev–Trinajstić information content (AvgIpc) is 2.38. The molecule has 2 rings (SSSR count). The SMILES string of the molecule is CCc1cccc(Nc2ncccc2C(F)(F)F)c1. The first kappa shape index (κ1) is 13.4. The van der Waals surface area contributed by atoms with Gasteiger partial charge in [0.05, 0.1) is 5.56 Å². The summed E-state index contributed by atoms with van der Waals surface area (Å²) < 4.78 is 38.4. The fraction of sp³-hybridized carbons (Fsp3) is 0.214. The zero-order chi connectivity index (χ0) is 13.9. The lowest BCUT2D eigenvalue weighted by Crippen LogP contribution is -2.10. The average molecular weight is 266 g/mol. The van der Waals surface area contributed by atoms with Crippen molar-refractivity contribution < 1.29 is 13.2 Å². The molecule has 100 valence electrons. The number of alkyl halides is 3. The highest BCUT2D eigenvalue weighted by atomic mass is 19.4. The zero-order valence-corrected chi connectivity index (χ0v) is 10.3. The van der Waals surface area contributed by atoms with Gasteiger partial charge in [-0.1, -0.05) is 19.1 Å². The molecule has 5 heteroatoms. The van der Waals surface area contributed by atoms with E-state index in [1.54, 1.807) is 12.1 Å². The molecule has 0 bridgehead atoms. The summed E-state index contributed by atoms with van der Waals surface area (Å²) in [4.78, 5) is 3.76. The van der Waals surface area contributed by atoms with Crippen molar-refractivity contribution >= 4 is 11.5 Å². The largest absolute Gasteiger partial charge is 0.419 e. The Morgan fingerprint density at radius 3 is 2.63 bits per heavy atom.